The summed E-state index contributed by atoms with van der Waals surface area (Å²) in [5.41, 5.74) is 6.61. The smallest absolute Gasteiger partial charge is 0.248 e. The van der Waals surface area contributed by atoms with Crippen molar-refractivity contribution in [1.29, 1.82) is 0 Å². The zero-order valence-corrected chi connectivity index (χ0v) is 19.3. The molecule has 3 rings (SSSR count). The van der Waals surface area contributed by atoms with Gasteiger partial charge in [-0.15, -0.1) is 0 Å². The van der Waals surface area contributed by atoms with Crippen LogP contribution in [-0.4, -0.2) is 38.2 Å². The van der Waals surface area contributed by atoms with E-state index in [1.54, 1.807) is 24.3 Å². The molecule has 3 aromatic rings. The van der Waals surface area contributed by atoms with Crippen molar-refractivity contribution in [2.45, 2.75) is 11.4 Å². The third kappa shape index (κ3) is 6.10. The van der Waals surface area contributed by atoms with E-state index in [1.165, 1.54) is 49.6 Å². The second-order valence-corrected chi connectivity index (χ2v) is 9.39. The number of hydrogen-bond donors (Lipinski definition) is 2. The number of benzene rings is 3. The number of rotatable bonds is 9. The lowest BCUT2D eigenvalue weighted by Gasteiger charge is -2.22. The van der Waals surface area contributed by atoms with Gasteiger partial charge in [-0.25, -0.2) is 8.42 Å². The lowest BCUT2D eigenvalue weighted by Crippen LogP contribution is -2.37. The molecule has 10 heteroatoms. The van der Waals surface area contributed by atoms with Crippen molar-refractivity contribution < 1.29 is 22.7 Å². The number of nitrogens with two attached hydrogens (primary N) is 1. The van der Waals surface area contributed by atoms with Crippen molar-refractivity contribution in [3.05, 3.63) is 88.9 Å². The fraction of sp³-hybridized carbons (Fsp3) is 0.130. The molecule has 0 aliphatic heterocycles. The number of carbonyl (C=O) groups is 2. The fourth-order valence-electron chi connectivity index (χ4n) is 3.05. The van der Waals surface area contributed by atoms with Crippen molar-refractivity contribution in [2.75, 3.05) is 19.0 Å². The van der Waals surface area contributed by atoms with Crippen LogP contribution in [0.4, 0.5) is 5.69 Å². The van der Waals surface area contributed by atoms with Crippen LogP contribution in [0.15, 0.2) is 77.7 Å². The highest BCUT2D eigenvalue weighted by molar-refractivity contribution is 7.89. The van der Waals surface area contributed by atoms with Gasteiger partial charge in [0, 0.05) is 17.8 Å². The number of nitrogens with zero attached hydrogens (tertiary/aromatic N) is 1. The highest BCUT2D eigenvalue weighted by Crippen LogP contribution is 2.29. The minimum atomic E-state index is -4.08. The zero-order valence-electron chi connectivity index (χ0n) is 17.7. The van der Waals surface area contributed by atoms with E-state index >= 15 is 0 Å². The van der Waals surface area contributed by atoms with Crippen molar-refractivity contribution in [3.63, 3.8) is 0 Å². The summed E-state index contributed by atoms with van der Waals surface area (Å²) >= 11 is 6.13. The number of amides is 2. The lowest BCUT2D eigenvalue weighted by molar-refractivity contribution is -0.116. The van der Waals surface area contributed by atoms with E-state index in [0.717, 1.165) is 4.31 Å². The van der Waals surface area contributed by atoms with Gasteiger partial charge in [-0.3, -0.25) is 9.59 Å². The average molecular weight is 488 g/mol. The molecule has 0 atom stereocenters. The van der Waals surface area contributed by atoms with Crippen LogP contribution >= 0.6 is 11.6 Å². The van der Waals surface area contributed by atoms with E-state index in [-0.39, 0.29) is 22.0 Å². The molecule has 3 aromatic carbocycles. The molecular weight excluding hydrogens is 466 g/mol. The van der Waals surface area contributed by atoms with Crippen LogP contribution in [0.2, 0.25) is 5.02 Å². The molecule has 0 saturated carbocycles. The van der Waals surface area contributed by atoms with Gasteiger partial charge in [-0.1, -0.05) is 41.9 Å². The molecule has 0 unspecified atom stereocenters. The molecule has 0 bridgehead atoms. The van der Waals surface area contributed by atoms with E-state index in [2.05, 4.69) is 5.32 Å². The van der Waals surface area contributed by atoms with Gasteiger partial charge in [0.1, 0.15) is 5.75 Å². The largest absolute Gasteiger partial charge is 0.495 e. The average Bonchev–Trinajstić information content (AvgIpc) is 2.79. The number of primary amides is 1. The van der Waals surface area contributed by atoms with Crippen LogP contribution in [0.25, 0.3) is 0 Å². The second kappa shape index (κ2) is 10.5. The zero-order chi connectivity index (χ0) is 24.0. The van der Waals surface area contributed by atoms with Crippen molar-refractivity contribution in [2.24, 2.45) is 5.73 Å². The van der Waals surface area contributed by atoms with E-state index in [9.17, 15) is 18.0 Å². The van der Waals surface area contributed by atoms with Crippen LogP contribution in [-0.2, 0) is 21.4 Å². The first kappa shape index (κ1) is 24.2. The van der Waals surface area contributed by atoms with Crippen LogP contribution in [0, 0.1) is 0 Å². The van der Waals surface area contributed by atoms with E-state index < -0.39 is 28.4 Å². The molecule has 0 heterocycles. The van der Waals surface area contributed by atoms with Gasteiger partial charge in [0.15, 0.2) is 0 Å². The third-order valence-corrected chi connectivity index (χ3v) is 6.82. The Kier molecular flexibility index (Phi) is 7.70. The maximum absolute atomic E-state index is 13.4. The highest BCUT2D eigenvalue weighted by atomic mass is 35.5. The maximum Gasteiger partial charge on any atom is 0.248 e. The predicted molar refractivity (Wildman–Crippen MR) is 126 cm³/mol. The summed E-state index contributed by atoms with van der Waals surface area (Å²) in [6, 6.07) is 19.0. The Morgan fingerprint density at radius 2 is 1.70 bits per heavy atom. The summed E-state index contributed by atoms with van der Waals surface area (Å²) in [6.07, 6.45) is 0. The SMILES string of the molecule is COc1ccc(S(=O)(=O)N(CC(=O)Nc2ccc(C(N)=O)cc2)Cc2ccccc2)cc1Cl. The molecule has 172 valence electrons. The van der Waals surface area contributed by atoms with E-state index in [0.29, 0.717) is 17.0 Å². The molecule has 8 nitrogen and oxygen atoms in total. The molecule has 0 aromatic heterocycles. The van der Waals surface area contributed by atoms with Crippen LogP contribution in [0.1, 0.15) is 15.9 Å². The van der Waals surface area contributed by atoms with Crippen molar-refractivity contribution >= 4 is 39.1 Å². The molecule has 3 N–H and O–H groups in total. The molecule has 33 heavy (non-hydrogen) atoms. The Morgan fingerprint density at radius 3 is 2.27 bits per heavy atom. The topological polar surface area (TPSA) is 119 Å². The van der Waals surface area contributed by atoms with Gasteiger partial charge in [0.05, 0.1) is 23.6 Å². The summed E-state index contributed by atoms with van der Waals surface area (Å²) in [6.45, 7) is -0.473. The summed E-state index contributed by atoms with van der Waals surface area (Å²) in [4.78, 5) is 23.9. The molecular formula is C23H22ClN3O5S. The maximum atomic E-state index is 13.4. The Morgan fingerprint density at radius 1 is 1.03 bits per heavy atom. The summed E-state index contributed by atoms with van der Waals surface area (Å²) < 4.78 is 32.9. The monoisotopic (exact) mass is 487 g/mol. The first-order valence-electron chi connectivity index (χ1n) is 9.78. The number of sulfonamides is 1. The van der Waals surface area contributed by atoms with Crippen LogP contribution in [0.5, 0.6) is 5.75 Å². The van der Waals surface area contributed by atoms with Gasteiger partial charge in [-0.2, -0.15) is 4.31 Å². The minimum Gasteiger partial charge on any atom is -0.495 e. The number of anilines is 1. The van der Waals surface area contributed by atoms with Crippen molar-refractivity contribution in [3.8, 4) is 5.75 Å². The van der Waals surface area contributed by atoms with Gasteiger partial charge in [0.25, 0.3) is 0 Å². The van der Waals surface area contributed by atoms with E-state index in [1.807, 2.05) is 6.07 Å². The molecule has 2 amide bonds. The number of carbonyl (C=O) groups excluding carboxylic acids is 2. The molecule has 0 aliphatic carbocycles. The normalized spacial score (nSPS) is 11.2. The first-order valence-corrected chi connectivity index (χ1v) is 11.6. The fourth-order valence-corrected chi connectivity index (χ4v) is 4.78. The van der Waals surface area contributed by atoms with Gasteiger partial charge >= 0.3 is 0 Å². The van der Waals surface area contributed by atoms with Gasteiger partial charge in [0.2, 0.25) is 21.8 Å². The number of nitrogens with one attached hydrogen (secondary N) is 1. The molecule has 0 aliphatic rings. The molecule has 0 spiro atoms. The number of ether oxygens (including phenoxy) is 1. The van der Waals surface area contributed by atoms with Crippen LogP contribution < -0.4 is 15.8 Å². The number of hydrogen-bond acceptors (Lipinski definition) is 5. The summed E-state index contributed by atoms with van der Waals surface area (Å²) in [7, 11) is -2.65. The Hall–Kier alpha value is -3.40. The minimum absolute atomic E-state index is 0.0269. The standard InChI is InChI=1S/C23H22ClN3O5S/c1-32-21-12-11-19(13-20(21)24)33(30,31)27(14-16-5-3-2-4-6-16)15-22(28)26-18-9-7-17(8-10-18)23(25)29/h2-13H,14-15H2,1H3,(H2,25,29)(H,26,28). The van der Waals surface area contributed by atoms with Crippen molar-refractivity contribution in [1.82, 2.24) is 4.31 Å². The summed E-state index contributed by atoms with van der Waals surface area (Å²) in [5.74, 6) is -0.811. The molecule has 0 fully saturated rings. The van der Waals surface area contributed by atoms with E-state index in [4.69, 9.17) is 22.1 Å². The Labute approximate surface area is 197 Å². The third-order valence-electron chi connectivity index (χ3n) is 4.74. The molecule has 0 saturated heterocycles. The lowest BCUT2D eigenvalue weighted by atomic mass is 10.2. The van der Waals surface area contributed by atoms with Gasteiger partial charge in [-0.05, 0) is 48.0 Å². The van der Waals surface area contributed by atoms with Crippen LogP contribution in [0.3, 0.4) is 0 Å². The Balaban J connectivity index is 1.86. The Bertz CT molecular complexity index is 1250. The summed E-state index contributed by atoms with van der Waals surface area (Å²) in [5, 5.41) is 2.77. The number of halogens is 1. The predicted octanol–water partition coefficient (Wildman–Crippen LogP) is 3.28. The first-order chi connectivity index (χ1) is 15.7. The quantitative estimate of drug-likeness (QED) is 0.480. The van der Waals surface area contributed by atoms with Gasteiger partial charge < -0.3 is 15.8 Å². The molecule has 0 radical (unpaired) electrons. The highest BCUT2D eigenvalue weighted by Gasteiger charge is 2.28. The number of methoxy groups -OCH3 is 1. The second-order valence-electron chi connectivity index (χ2n) is 7.04.